The SMILES string of the molecule is COc1ccc(O)c(OC)c1CC1=C(C)CCC2C(C)(C)CCC[C@]12C. The highest BCUT2D eigenvalue weighted by molar-refractivity contribution is 5.55. The molecule has 2 atom stereocenters. The first-order valence-corrected chi connectivity index (χ1v) is 9.86. The number of benzene rings is 1. The van der Waals surface area contributed by atoms with Crippen molar-refractivity contribution in [1.82, 2.24) is 0 Å². The number of allylic oxidation sites excluding steroid dienone is 2. The summed E-state index contributed by atoms with van der Waals surface area (Å²) in [6, 6.07) is 3.49. The average Bonchev–Trinajstić information content (AvgIpc) is 2.57. The largest absolute Gasteiger partial charge is 0.504 e. The molecule has 0 bridgehead atoms. The van der Waals surface area contributed by atoms with Crippen LogP contribution in [0, 0.1) is 16.7 Å². The van der Waals surface area contributed by atoms with Crippen molar-refractivity contribution in [3.63, 3.8) is 0 Å². The van der Waals surface area contributed by atoms with Gasteiger partial charge in [0.2, 0.25) is 0 Å². The van der Waals surface area contributed by atoms with Crippen molar-refractivity contribution in [2.24, 2.45) is 16.7 Å². The van der Waals surface area contributed by atoms with Crippen LogP contribution in [0.2, 0.25) is 0 Å². The van der Waals surface area contributed by atoms with Crippen molar-refractivity contribution < 1.29 is 14.6 Å². The maximum absolute atomic E-state index is 10.3. The fourth-order valence-corrected chi connectivity index (χ4v) is 5.91. The van der Waals surface area contributed by atoms with Gasteiger partial charge in [0.15, 0.2) is 11.5 Å². The smallest absolute Gasteiger partial charge is 0.167 e. The molecule has 1 saturated carbocycles. The fourth-order valence-electron chi connectivity index (χ4n) is 5.91. The topological polar surface area (TPSA) is 38.7 Å². The molecule has 0 saturated heterocycles. The Labute approximate surface area is 158 Å². The molecule has 0 spiro atoms. The highest BCUT2D eigenvalue weighted by Crippen LogP contribution is 2.60. The van der Waals surface area contributed by atoms with Gasteiger partial charge < -0.3 is 14.6 Å². The van der Waals surface area contributed by atoms with E-state index in [1.165, 1.54) is 43.3 Å². The highest BCUT2D eigenvalue weighted by atomic mass is 16.5. The van der Waals surface area contributed by atoms with E-state index < -0.39 is 0 Å². The molecule has 1 fully saturated rings. The number of fused-ring (bicyclic) bond motifs is 1. The van der Waals surface area contributed by atoms with Crippen LogP contribution >= 0.6 is 0 Å². The average molecular weight is 359 g/mol. The van der Waals surface area contributed by atoms with E-state index in [2.05, 4.69) is 27.7 Å². The summed E-state index contributed by atoms with van der Waals surface area (Å²) in [5, 5.41) is 10.3. The van der Waals surface area contributed by atoms with Crippen molar-refractivity contribution in [2.45, 2.75) is 66.2 Å². The zero-order valence-electron chi connectivity index (χ0n) is 17.2. The van der Waals surface area contributed by atoms with Gasteiger partial charge in [-0.05, 0) is 61.5 Å². The van der Waals surface area contributed by atoms with E-state index in [-0.39, 0.29) is 11.2 Å². The van der Waals surface area contributed by atoms with Gasteiger partial charge in [-0.25, -0.2) is 0 Å². The number of phenols is 1. The van der Waals surface area contributed by atoms with Gasteiger partial charge in [0.25, 0.3) is 0 Å². The first kappa shape index (κ1) is 19.1. The standard InChI is InChI=1S/C23H34O3/c1-15-8-11-20-22(2,3)12-7-13-23(20,4)17(15)14-16-19(25-5)10-9-18(24)21(16)26-6/h9-10,20,24H,7-8,11-14H2,1-6H3/t20?,23-/m1/s1. The van der Waals surface area contributed by atoms with Crippen molar-refractivity contribution in [3.05, 3.63) is 28.8 Å². The maximum atomic E-state index is 10.3. The van der Waals surface area contributed by atoms with Crippen LogP contribution in [0.3, 0.4) is 0 Å². The summed E-state index contributed by atoms with van der Waals surface area (Å²) >= 11 is 0. The van der Waals surface area contributed by atoms with E-state index in [9.17, 15) is 5.11 Å². The van der Waals surface area contributed by atoms with Crippen LogP contribution in [0.5, 0.6) is 17.2 Å². The minimum absolute atomic E-state index is 0.183. The van der Waals surface area contributed by atoms with Gasteiger partial charge in [-0.15, -0.1) is 0 Å². The summed E-state index contributed by atoms with van der Waals surface area (Å²) in [6.07, 6.45) is 7.09. The lowest BCUT2D eigenvalue weighted by Crippen LogP contribution is -2.45. The van der Waals surface area contributed by atoms with E-state index >= 15 is 0 Å². The van der Waals surface area contributed by atoms with Crippen molar-refractivity contribution >= 4 is 0 Å². The van der Waals surface area contributed by atoms with Crippen LogP contribution in [-0.4, -0.2) is 19.3 Å². The van der Waals surface area contributed by atoms with E-state index in [0.717, 1.165) is 17.7 Å². The van der Waals surface area contributed by atoms with Gasteiger partial charge in [-0.2, -0.15) is 0 Å². The van der Waals surface area contributed by atoms with Crippen LogP contribution in [0.25, 0.3) is 0 Å². The van der Waals surface area contributed by atoms with Crippen molar-refractivity contribution in [3.8, 4) is 17.2 Å². The van der Waals surface area contributed by atoms with Gasteiger partial charge in [-0.1, -0.05) is 38.3 Å². The fraction of sp³-hybridized carbons (Fsp3) is 0.652. The zero-order valence-corrected chi connectivity index (χ0v) is 17.2. The lowest BCUT2D eigenvalue weighted by molar-refractivity contribution is 0.0111. The molecule has 3 heteroatoms. The minimum Gasteiger partial charge on any atom is -0.504 e. The van der Waals surface area contributed by atoms with Gasteiger partial charge in [-0.3, -0.25) is 0 Å². The molecule has 3 rings (SSSR count). The number of hydrogen-bond donors (Lipinski definition) is 1. The molecular formula is C23H34O3. The molecule has 1 unspecified atom stereocenters. The minimum atomic E-state index is 0.183. The maximum Gasteiger partial charge on any atom is 0.167 e. The lowest BCUT2D eigenvalue weighted by atomic mass is 9.50. The first-order valence-electron chi connectivity index (χ1n) is 9.86. The Kier molecular flexibility index (Phi) is 5.02. The van der Waals surface area contributed by atoms with Crippen molar-refractivity contribution in [1.29, 1.82) is 0 Å². The van der Waals surface area contributed by atoms with E-state index in [0.29, 0.717) is 17.1 Å². The molecule has 1 N–H and O–H groups in total. The number of ether oxygens (including phenoxy) is 2. The number of rotatable bonds is 4. The Morgan fingerprint density at radius 3 is 2.50 bits per heavy atom. The first-order chi connectivity index (χ1) is 12.2. The molecule has 2 aliphatic carbocycles. The van der Waals surface area contributed by atoms with E-state index in [1.54, 1.807) is 20.3 Å². The van der Waals surface area contributed by atoms with Crippen LogP contribution in [0.15, 0.2) is 23.3 Å². The highest BCUT2D eigenvalue weighted by Gasteiger charge is 2.50. The Hall–Kier alpha value is -1.64. The number of phenolic OH excluding ortho intramolecular Hbond substituents is 1. The van der Waals surface area contributed by atoms with E-state index in [4.69, 9.17) is 9.47 Å². The third-order valence-electron chi connectivity index (χ3n) is 7.22. The second-order valence-corrected chi connectivity index (χ2v) is 9.09. The number of hydrogen-bond acceptors (Lipinski definition) is 3. The van der Waals surface area contributed by atoms with Gasteiger partial charge in [0.1, 0.15) is 5.75 Å². The van der Waals surface area contributed by atoms with Gasteiger partial charge in [0.05, 0.1) is 14.2 Å². The third kappa shape index (κ3) is 3.00. The molecule has 0 heterocycles. The number of methoxy groups -OCH3 is 2. The Bertz CT molecular complexity index is 716. The predicted molar refractivity (Wildman–Crippen MR) is 106 cm³/mol. The molecule has 1 aromatic rings. The van der Waals surface area contributed by atoms with Crippen molar-refractivity contribution in [2.75, 3.05) is 14.2 Å². The summed E-state index contributed by atoms with van der Waals surface area (Å²) in [4.78, 5) is 0. The molecule has 1 aromatic carbocycles. The summed E-state index contributed by atoms with van der Waals surface area (Å²) in [7, 11) is 3.31. The summed E-state index contributed by atoms with van der Waals surface area (Å²) in [5.41, 5.74) is 4.60. The second-order valence-electron chi connectivity index (χ2n) is 9.09. The normalized spacial score (nSPS) is 27.8. The summed E-state index contributed by atoms with van der Waals surface area (Å²) in [6.45, 7) is 9.66. The second kappa shape index (κ2) is 6.83. The van der Waals surface area contributed by atoms with Crippen LogP contribution in [0.1, 0.15) is 65.4 Å². The molecule has 26 heavy (non-hydrogen) atoms. The van der Waals surface area contributed by atoms with E-state index in [1.807, 2.05) is 6.07 Å². The Morgan fingerprint density at radius 1 is 1.12 bits per heavy atom. The molecule has 3 nitrogen and oxygen atoms in total. The summed E-state index contributed by atoms with van der Waals surface area (Å²) in [5.74, 6) is 2.23. The molecule has 0 radical (unpaired) electrons. The van der Waals surface area contributed by atoms with Crippen LogP contribution in [0.4, 0.5) is 0 Å². The molecule has 0 aromatic heterocycles. The molecule has 2 aliphatic rings. The van der Waals surface area contributed by atoms with Crippen LogP contribution < -0.4 is 9.47 Å². The third-order valence-corrected chi connectivity index (χ3v) is 7.22. The van der Waals surface area contributed by atoms with Crippen LogP contribution in [-0.2, 0) is 6.42 Å². The zero-order chi connectivity index (χ0) is 19.1. The number of aromatic hydroxyl groups is 1. The monoisotopic (exact) mass is 358 g/mol. The van der Waals surface area contributed by atoms with Gasteiger partial charge in [0, 0.05) is 12.0 Å². The molecule has 0 amide bonds. The summed E-state index contributed by atoms with van der Waals surface area (Å²) < 4.78 is 11.2. The lowest BCUT2D eigenvalue weighted by Gasteiger charge is -2.55. The van der Waals surface area contributed by atoms with Gasteiger partial charge >= 0.3 is 0 Å². The Balaban J connectivity index is 2.08. The predicted octanol–water partition coefficient (Wildman–Crippen LogP) is 5.89. The molecule has 0 aliphatic heterocycles. The Morgan fingerprint density at radius 2 is 1.85 bits per heavy atom. The molecular weight excluding hydrogens is 324 g/mol. The quantitative estimate of drug-likeness (QED) is 0.682. The molecule has 144 valence electrons.